The van der Waals surface area contributed by atoms with E-state index in [1.165, 1.54) is 27.1 Å². The Kier molecular flexibility index (Phi) is 3.51. The van der Waals surface area contributed by atoms with Crippen LogP contribution >= 0.6 is 20.7 Å². The summed E-state index contributed by atoms with van der Waals surface area (Å²) in [6, 6.07) is 0. The summed E-state index contributed by atoms with van der Waals surface area (Å²) in [6.45, 7) is 3.02. The van der Waals surface area contributed by atoms with E-state index >= 15 is 0 Å². The average molecular weight is 189 g/mol. The molecule has 0 unspecified atom stereocenters. The zero-order valence-electron chi connectivity index (χ0n) is 6.41. The Morgan fingerprint density at radius 2 is 2.36 bits per heavy atom. The molecule has 1 rings (SSSR count). The molecule has 0 aliphatic rings. The Hall–Kier alpha value is -0.420. The molecule has 0 bridgehead atoms. The number of nitrogens with zero attached hydrogens (tertiary/aromatic N) is 2. The maximum absolute atomic E-state index is 5.44. The summed E-state index contributed by atoms with van der Waals surface area (Å²) in [4.78, 5) is 9.11. The second-order valence-electron chi connectivity index (χ2n) is 2.13. The van der Waals surface area contributed by atoms with Crippen molar-refractivity contribution in [3.8, 4) is 0 Å². The van der Waals surface area contributed by atoms with Gasteiger partial charge in [0, 0.05) is 6.54 Å². The number of aromatic nitrogens is 1. The number of hydrogen-bond acceptors (Lipinski definition) is 5. The third-order valence-electron chi connectivity index (χ3n) is 1.17. The third-order valence-corrected chi connectivity index (χ3v) is 3.09. The topological polar surface area (TPSA) is 51.3 Å². The molecule has 0 saturated carbocycles. The van der Waals surface area contributed by atoms with Crippen LogP contribution in [-0.2, 0) is 0 Å². The minimum atomic E-state index is 0.616. The third kappa shape index (κ3) is 2.98. The Morgan fingerprint density at radius 1 is 1.55 bits per heavy atom. The summed E-state index contributed by atoms with van der Waals surface area (Å²) < 4.78 is 0. The molecule has 11 heavy (non-hydrogen) atoms. The van der Waals surface area contributed by atoms with Crippen molar-refractivity contribution in [3.05, 3.63) is 4.80 Å². The first-order valence-electron chi connectivity index (χ1n) is 3.56. The van der Waals surface area contributed by atoms with Crippen molar-refractivity contribution in [2.24, 2.45) is 4.99 Å². The lowest BCUT2D eigenvalue weighted by Gasteiger charge is -1.84. The summed E-state index contributed by atoms with van der Waals surface area (Å²) in [6.07, 6.45) is 2.30. The minimum absolute atomic E-state index is 0.616. The molecule has 0 spiro atoms. The zero-order valence-corrected chi connectivity index (χ0v) is 8.04. The molecular formula is C6H11N3S2. The van der Waals surface area contributed by atoms with Crippen LogP contribution in [0.3, 0.4) is 0 Å². The second kappa shape index (κ2) is 4.46. The minimum Gasteiger partial charge on any atom is -0.374 e. The van der Waals surface area contributed by atoms with Gasteiger partial charge in [-0.2, -0.15) is 4.98 Å². The van der Waals surface area contributed by atoms with E-state index in [-0.39, 0.29) is 0 Å². The zero-order chi connectivity index (χ0) is 8.10. The van der Waals surface area contributed by atoms with Crippen LogP contribution in [0.25, 0.3) is 0 Å². The molecule has 5 heteroatoms. The molecule has 0 aromatic carbocycles. The van der Waals surface area contributed by atoms with E-state index in [1.807, 2.05) is 0 Å². The number of nitrogen functional groups attached to an aromatic ring is 1. The highest BCUT2D eigenvalue weighted by molar-refractivity contribution is 7.69. The molecular weight excluding hydrogens is 178 g/mol. The predicted molar refractivity (Wildman–Crippen MR) is 49.7 cm³/mol. The fourth-order valence-corrected chi connectivity index (χ4v) is 2.09. The first-order valence-corrected chi connectivity index (χ1v) is 5.71. The SMILES string of the molecule is CCCCN=c1nc(N)ss1. The molecule has 3 nitrogen and oxygen atoms in total. The monoisotopic (exact) mass is 189 g/mol. The number of nitrogens with two attached hydrogens (primary N) is 1. The predicted octanol–water partition coefficient (Wildman–Crippen LogP) is 1.49. The van der Waals surface area contributed by atoms with Gasteiger partial charge in [-0.1, -0.05) is 13.3 Å². The van der Waals surface area contributed by atoms with E-state index < -0.39 is 0 Å². The van der Waals surface area contributed by atoms with Gasteiger partial charge in [-0.15, -0.1) is 0 Å². The van der Waals surface area contributed by atoms with Gasteiger partial charge in [0.2, 0.25) is 4.80 Å². The Bertz CT molecular complexity index is 263. The fraction of sp³-hybridized carbons (Fsp3) is 0.667. The molecule has 1 aromatic heterocycles. The maximum Gasteiger partial charge on any atom is 0.217 e. The van der Waals surface area contributed by atoms with Crippen molar-refractivity contribution in [1.82, 2.24) is 4.98 Å². The van der Waals surface area contributed by atoms with Gasteiger partial charge < -0.3 is 5.73 Å². The van der Waals surface area contributed by atoms with Crippen molar-refractivity contribution in [2.45, 2.75) is 19.8 Å². The van der Waals surface area contributed by atoms with Crippen LogP contribution in [0, 0.1) is 0 Å². The Morgan fingerprint density at radius 3 is 2.91 bits per heavy atom. The number of anilines is 1. The smallest absolute Gasteiger partial charge is 0.217 e. The molecule has 62 valence electrons. The summed E-state index contributed by atoms with van der Waals surface area (Å²) in [5, 5.41) is 0.616. The van der Waals surface area contributed by atoms with Gasteiger partial charge in [0.05, 0.1) is 0 Å². The Labute approximate surface area is 73.0 Å². The van der Waals surface area contributed by atoms with Gasteiger partial charge in [0.1, 0.15) is 0 Å². The van der Waals surface area contributed by atoms with Crippen molar-refractivity contribution in [3.63, 3.8) is 0 Å². The summed E-state index contributed by atoms with van der Waals surface area (Å²) >= 11 is 0. The van der Waals surface area contributed by atoms with Gasteiger partial charge >= 0.3 is 0 Å². The standard InChI is InChI=1S/C6H11N3S2/c1-2-3-4-8-6-9-5(7)10-11-6/h2-4H2,1H3,(H2,7,8,9). The molecule has 0 aliphatic heterocycles. The van der Waals surface area contributed by atoms with E-state index in [0.29, 0.717) is 5.13 Å². The molecule has 0 amide bonds. The van der Waals surface area contributed by atoms with Crippen LogP contribution < -0.4 is 10.5 Å². The lowest BCUT2D eigenvalue weighted by Crippen LogP contribution is -2.00. The van der Waals surface area contributed by atoms with Gasteiger partial charge in [-0.3, -0.25) is 4.99 Å². The summed E-state index contributed by atoms with van der Waals surface area (Å²) in [7, 11) is 3.02. The van der Waals surface area contributed by atoms with Gasteiger partial charge in [-0.05, 0) is 27.1 Å². The maximum atomic E-state index is 5.44. The molecule has 2 N–H and O–H groups in total. The van der Waals surface area contributed by atoms with Crippen LogP contribution in [0.5, 0.6) is 0 Å². The number of rotatable bonds is 3. The molecule has 0 atom stereocenters. The van der Waals surface area contributed by atoms with Crippen LogP contribution in [0.2, 0.25) is 0 Å². The molecule has 1 heterocycles. The average Bonchev–Trinajstić information content (AvgIpc) is 2.37. The van der Waals surface area contributed by atoms with Crippen LogP contribution in [0.4, 0.5) is 5.13 Å². The van der Waals surface area contributed by atoms with E-state index in [0.717, 1.165) is 17.8 Å². The van der Waals surface area contributed by atoms with Crippen LogP contribution in [-0.4, -0.2) is 11.5 Å². The van der Waals surface area contributed by atoms with Crippen LogP contribution in [0.15, 0.2) is 4.99 Å². The molecule has 0 saturated heterocycles. The lowest BCUT2D eigenvalue weighted by atomic mass is 10.3. The number of unbranched alkanes of at least 4 members (excludes halogenated alkanes) is 1. The molecule has 1 aromatic rings. The number of hydrogen-bond donors (Lipinski definition) is 1. The second-order valence-corrected chi connectivity index (χ2v) is 4.25. The molecule has 0 radical (unpaired) electrons. The summed E-state index contributed by atoms with van der Waals surface area (Å²) in [5.41, 5.74) is 5.44. The van der Waals surface area contributed by atoms with Gasteiger partial charge in [-0.25, -0.2) is 0 Å². The van der Waals surface area contributed by atoms with E-state index in [4.69, 9.17) is 5.73 Å². The van der Waals surface area contributed by atoms with E-state index in [9.17, 15) is 0 Å². The Balaban J connectivity index is 2.53. The molecule has 0 fully saturated rings. The van der Waals surface area contributed by atoms with Crippen molar-refractivity contribution >= 4 is 25.8 Å². The normalized spacial score (nSPS) is 12.3. The van der Waals surface area contributed by atoms with E-state index in [1.54, 1.807) is 0 Å². The fourth-order valence-electron chi connectivity index (χ4n) is 0.606. The first-order chi connectivity index (χ1) is 5.33. The van der Waals surface area contributed by atoms with E-state index in [2.05, 4.69) is 16.9 Å². The van der Waals surface area contributed by atoms with Crippen molar-refractivity contribution in [1.29, 1.82) is 0 Å². The highest BCUT2D eigenvalue weighted by Gasteiger charge is 1.89. The van der Waals surface area contributed by atoms with Crippen molar-refractivity contribution in [2.75, 3.05) is 12.3 Å². The van der Waals surface area contributed by atoms with Crippen molar-refractivity contribution < 1.29 is 0 Å². The van der Waals surface area contributed by atoms with Crippen LogP contribution in [0.1, 0.15) is 19.8 Å². The highest BCUT2D eigenvalue weighted by atomic mass is 32.9. The lowest BCUT2D eigenvalue weighted by molar-refractivity contribution is 0.792. The quantitative estimate of drug-likeness (QED) is 0.578. The van der Waals surface area contributed by atoms with Gasteiger partial charge in [0.15, 0.2) is 5.13 Å². The first kappa shape index (κ1) is 8.67. The largest absolute Gasteiger partial charge is 0.374 e. The van der Waals surface area contributed by atoms with Gasteiger partial charge in [0.25, 0.3) is 0 Å². The summed E-state index contributed by atoms with van der Waals surface area (Å²) in [5.74, 6) is 0. The highest BCUT2D eigenvalue weighted by Crippen LogP contribution is 2.06. The molecule has 0 aliphatic carbocycles.